The Hall–Kier alpha value is -1.92. The lowest BCUT2D eigenvalue weighted by Gasteiger charge is -2.05. The van der Waals surface area contributed by atoms with Gasteiger partial charge in [0.25, 0.3) is 0 Å². The van der Waals surface area contributed by atoms with Crippen LogP contribution in [-0.4, -0.2) is 4.98 Å². The van der Waals surface area contributed by atoms with Gasteiger partial charge in [-0.25, -0.2) is 9.37 Å². The van der Waals surface area contributed by atoms with Gasteiger partial charge in [-0.05, 0) is 29.3 Å². The van der Waals surface area contributed by atoms with Crippen molar-refractivity contribution >= 4 is 11.6 Å². The lowest BCUT2D eigenvalue weighted by atomic mass is 10.1. The predicted molar refractivity (Wildman–Crippen MR) is 64.0 cm³/mol. The molecule has 0 N–H and O–H groups in total. The van der Waals surface area contributed by atoms with Gasteiger partial charge in [0.05, 0.1) is 12.5 Å². The van der Waals surface area contributed by atoms with Crippen molar-refractivity contribution in [2.75, 3.05) is 0 Å². The molecule has 4 heteroatoms. The van der Waals surface area contributed by atoms with Crippen molar-refractivity contribution in [3.8, 4) is 17.2 Å². The molecule has 2 nitrogen and oxygen atoms in total. The zero-order chi connectivity index (χ0) is 12.3. The number of halogens is 2. The molecule has 0 aliphatic carbocycles. The summed E-state index contributed by atoms with van der Waals surface area (Å²) in [5.74, 6) is -0.300. The average Bonchev–Trinajstić information content (AvgIpc) is 2.33. The van der Waals surface area contributed by atoms with Crippen LogP contribution in [0.5, 0.6) is 0 Å². The first-order valence-electron chi connectivity index (χ1n) is 4.98. The maximum Gasteiger partial charge on any atom is 0.136 e. The van der Waals surface area contributed by atoms with E-state index in [0.29, 0.717) is 10.7 Å². The summed E-state index contributed by atoms with van der Waals surface area (Å²) in [5, 5.41) is 8.97. The summed E-state index contributed by atoms with van der Waals surface area (Å²) < 4.78 is 12.8. The van der Waals surface area contributed by atoms with E-state index in [-0.39, 0.29) is 12.2 Å². The van der Waals surface area contributed by atoms with E-state index in [1.807, 2.05) is 6.07 Å². The minimum Gasteiger partial charge on any atom is -0.244 e. The van der Waals surface area contributed by atoms with Crippen molar-refractivity contribution in [2.24, 2.45) is 0 Å². The van der Waals surface area contributed by atoms with Gasteiger partial charge < -0.3 is 0 Å². The summed E-state index contributed by atoms with van der Waals surface area (Å²) in [4.78, 5) is 4.02. The van der Waals surface area contributed by atoms with E-state index in [2.05, 4.69) is 4.98 Å². The maximum atomic E-state index is 12.8. The van der Waals surface area contributed by atoms with Crippen LogP contribution in [-0.2, 0) is 6.42 Å². The molecular weight excluding hydrogens is 239 g/mol. The van der Waals surface area contributed by atoms with E-state index in [0.717, 1.165) is 11.1 Å². The molecule has 0 aliphatic rings. The predicted octanol–water partition coefficient (Wildman–Crippen LogP) is 3.61. The number of nitriles is 1. The fourth-order valence-electron chi connectivity index (χ4n) is 1.51. The molecule has 1 aromatic carbocycles. The molecule has 0 fully saturated rings. The van der Waals surface area contributed by atoms with Gasteiger partial charge >= 0.3 is 0 Å². The van der Waals surface area contributed by atoms with Gasteiger partial charge in [0.2, 0.25) is 0 Å². The van der Waals surface area contributed by atoms with Crippen molar-refractivity contribution in [1.29, 1.82) is 5.26 Å². The third kappa shape index (κ3) is 2.61. The number of hydrogen-bond donors (Lipinski definition) is 0. The normalized spacial score (nSPS) is 9.94. The first kappa shape index (κ1) is 11.6. The summed E-state index contributed by atoms with van der Waals surface area (Å²) >= 11 is 5.98. The van der Waals surface area contributed by atoms with Crippen LogP contribution in [0.2, 0.25) is 5.15 Å². The Balaban J connectivity index is 2.47. The largest absolute Gasteiger partial charge is 0.244 e. The third-order valence-electron chi connectivity index (χ3n) is 2.33. The van der Waals surface area contributed by atoms with Gasteiger partial charge in [-0.3, -0.25) is 0 Å². The van der Waals surface area contributed by atoms with Gasteiger partial charge in [-0.15, -0.1) is 0 Å². The Bertz CT molecular complexity index is 573. The Labute approximate surface area is 103 Å². The number of rotatable bonds is 2. The molecule has 17 heavy (non-hydrogen) atoms. The van der Waals surface area contributed by atoms with E-state index < -0.39 is 0 Å². The van der Waals surface area contributed by atoms with Gasteiger partial charge in [-0.1, -0.05) is 23.7 Å². The second-order valence-electron chi connectivity index (χ2n) is 3.52. The minimum atomic E-state index is -0.300. The molecule has 2 rings (SSSR count). The Morgan fingerprint density at radius 2 is 2.00 bits per heavy atom. The number of nitrogens with zero attached hydrogens (tertiary/aromatic N) is 2. The molecule has 0 bridgehead atoms. The number of aromatic nitrogens is 1. The van der Waals surface area contributed by atoms with E-state index in [1.54, 1.807) is 24.4 Å². The average molecular weight is 247 g/mol. The van der Waals surface area contributed by atoms with Crippen LogP contribution in [0.25, 0.3) is 11.1 Å². The molecule has 2 aromatic rings. The highest BCUT2D eigenvalue weighted by atomic mass is 35.5. The topological polar surface area (TPSA) is 36.7 Å². The van der Waals surface area contributed by atoms with Crippen LogP contribution in [0.15, 0.2) is 36.5 Å². The third-order valence-corrected chi connectivity index (χ3v) is 2.64. The number of benzene rings is 1. The van der Waals surface area contributed by atoms with Gasteiger partial charge in [0.1, 0.15) is 11.0 Å². The monoisotopic (exact) mass is 246 g/mol. The van der Waals surface area contributed by atoms with Crippen molar-refractivity contribution in [3.05, 3.63) is 53.1 Å². The molecule has 0 unspecified atom stereocenters. The molecule has 0 aliphatic heterocycles. The molecule has 1 heterocycles. The lowest BCUT2D eigenvalue weighted by molar-refractivity contribution is 0.628. The van der Waals surface area contributed by atoms with Crippen LogP contribution in [0.4, 0.5) is 4.39 Å². The molecule has 0 amide bonds. The van der Waals surface area contributed by atoms with Crippen LogP contribution >= 0.6 is 11.6 Å². The zero-order valence-electron chi connectivity index (χ0n) is 8.82. The molecule has 0 saturated carbocycles. The van der Waals surface area contributed by atoms with Crippen LogP contribution in [0, 0.1) is 17.1 Å². The Kier molecular flexibility index (Phi) is 3.36. The summed E-state index contributed by atoms with van der Waals surface area (Å²) in [6, 6.07) is 9.84. The van der Waals surface area contributed by atoms with Crippen LogP contribution in [0.3, 0.4) is 0 Å². The molecule has 1 aromatic heterocycles. The van der Waals surface area contributed by atoms with Crippen molar-refractivity contribution in [2.45, 2.75) is 6.42 Å². The van der Waals surface area contributed by atoms with E-state index in [9.17, 15) is 4.39 Å². The van der Waals surface area contributed by atoms with Gasteiger partial charge in [0, 0.05) is 11.8 Å². The van der Waals surface area contributed by atoms with Crippen molar-refractivity contribution in [3.63, 3.8) is 0 Å². The van der Waals surface area contributed by atoms with E-state index in [1.165, 1.54) is 12.1 Å². The molecule has 0 atom stereocenters. The summed E-state index contributed by atoms with van der Waals surface area (Å²) in [5.41, 5.74) is 2.28. The van der Waals surface area contributed by atoms with E-state index in [4.69, 9.17) is 16.9 Å². The first-order valence-corrected chi connectivity index (χ1v) is 5.36. The zero-order valence-corrected chi connectivity index (χ0v) is 9.58. The van der Waals surface area contributed by atoms with Gasteiger partial charge in [-0.2, -0.15) is 5.26 Å². The number of pyridine rings is 1. The maximum absolute atomic E-state index is 12.8. The van der Waals surface area contributed by atoms with E-state index >= 15 is 0 Å². The molecule has 0 radical (unpaired) electrons. The van der Waals surface area contributed by atoms with Crippen LogP contribution in [0.1, 0.15) is 5.56 Å². The fourth-order valence-corrected chi connectivity index (χ4v) is 1.72. The molecular formula is C13H8ClFN2. The smallest absolute Gasteiger partial charge is 0.136 e. The molecule has 0 spiro atoms. The minimum absolute atomic E-state index is 0.276. The highest BCUT2D eigenvalue weighted by Crippen LogP contribution is 2.27. The highest BCUT2D eigenvalue weighted by Gasteiger charge is 2.06. The standard InChI is InChI=1S/C13H8ClFN2/c14-13-12(7-9(5-6-16)8-17-13)10-1-3-11(15)4-2-10/h1-4,7-8H,5H2. The first-order chi connectivity index (χ1) is 8.20. The second kappa shape index (κ2) is 4.94. The Morgan fingerprint density at radius 1 is 1.29 bits per heavy atom. The SMILES string of the molecule is N#CCc1cnc(Cl)c(-c2ccc(F)cc2)c1. The molecule has 84 valence electrons. The van der Waals surface area contributed by atoms with Crippen molar-refractivity contribution in [1.82, 2.24) is 4.98 Å². The summed E-state index contributed by atoms with van der Waals surface area (Å²) in [6.45, 7) is 0. The van der Waals surface area contributed by atoms with Gasteiger partial charge in [0.15, 0.2) is 0 Å². The lowest BCUT2D eigenvalue weighted by Crippen LogP contribution is -1.89. The highest BCUT2D eigenvalue weighted by molar-refractivity contribution is 6.32. The Morgan fingerprint density at radius 3 is 2.65 bits per heavy atom. The van der Waals surface area contributed by atoms with Crippen LogP contribution < -0.4 is 0 Å². The number of hydrogen-bond acceptors (Lipinski definition) is 2. The summed E-state index contributed by atoms with van der Waals surface area (Å²) in [6.07, 6.45) is 1.84. The fraction of sp³-hybridized carbons (Fsp3) is 0.0769. The summed E-state index contributed by atoms with van der Waals surface area (Å²) in [7, 11) is 0. The molecule has 0 saturated heterocycles. The van der Waals surface area contributed by atoms with Crippen molar-refractivity contribution < 1.29 is 4.39 Å². The second-order valence-corrected chi connectivity index (χ2v) is 3.88. The quantitative estimate of drug-likeness (QED) is 0.759.